The van der Waals surface area contributed by atoms with Gasteiger partial charge in [-0.05, 0) is 52.9 Å². The second kappa shape index (κ2) is 4.59. The topological polar surface area (TPSA) is 22.4 Å². The van der Waals surface area contributed by atoms with Crippen LogP contribution in [0.2, 0.25) is 0 Å². The second-order valence-electron chi connectivity index (χ2n) is 3.17. The van der Waals surface area contributed by atoms with Gasteiger partial charge in [-0.15, -0.1) is 13.2 Å². The van der Waals surface area contributed by atoms with Crippen LogP contribution in [0.5, 0.6) is 5.75 Å². The SMILES string of the molecule is FC(F)(F)Oc1cc(I)ccc1-c1ccco1. The molecule has 17 heavy (non-hydrogen) atoms. The van der Waals surface area contributed by atoms with Crippen molar-refractivity contribution in [2.24, 2.45) is 0 Å². The summed E-state index contributed by atoms with van der Waals surface area (Å²) in [5.74, 6) is 0.0694. The Kier molecular flexibility index (Phi) is 3.32. The Balaban J connectivity index is 2.45. The average molecular weight is 354 g/mol. The fraction of sp³-hybridized carbons (Fsp3) is 0.0909. The number of hydrogen-bond donors (Lipinski definition) is 0. The van der Waals surface area contributed by atoms with E-state index in [2.05, 4.69) is 4.74 Å². The van der Waals surface area contributed by atoms with E-state index in [-0.39, 0.29) is 11.3 Å². The van der Waals surface area contributed by atoms with E-state index in [1.165, 1.54) is 18.4 Å². The van der Waals surface area contributed by atoms with Crippen LogP contribution in [0.25, 0.3) is 11.3 Å². The molecule has 1 aromatic carbocycles. The lowest BCUT2D eigenvalue weighted by Crippen LogP contribution is -2.17. The molecule has 0 aliphatic carbocycles. The van der Waals surface area contributed by atoms with Crippen LogP contribution < -0.4 is 4.74 Å². The van der Waals surface area contributed by atoms with Gasteiger partial charge in [-0.2, -0.15) is 0 Å². The third-order valence-electron chi connectivity index (χ3n) is 1.96. The van der Waals surface area contributed by atoms with Crippen LogP contribution >= 0.6 is 22.6 Å². The predicted octanol–water partition coefficient (Wildman–Crippen LogP) is 4.45. The molecule has 0 fully saturated rings. The molecule has 0 saturated heterocycles. The molecular weight excluding hydrogens is 348 g/mol. The normalized spacial score (nSPS) is 11.5. The van der Waals surface area contributed by atoms with Crippen molar-refractivity contribution in [1.82, 2.24) is 0 Å². The van der Waals surface area contributed by atoms with Crippen molar-refractivity contribution in [2.75, 3.05) is 0 Å². The molecule has 0 atom stereocenters. The van der Waals surface area contributed by atoms with E-state index in [0.717, 1.165) is 0 Å². The first-order chi connectivity index (χ1) is 7.96. The summed E-state index contributed by atoms with van der Waals surface area (Å²) in [7, 11) is 0. The van der Waals surface area contributed by atoms with Gasteiger partial charge in [0.25, 0.3) is 0 Å². The van der Waals surface area contributed by atoms with Crippen molar-refractivity contribution in [3.05, 3.63) is 40.2 Å². The number of alkyl halides is 3. The van der Waals surface area contributed by atoms with Crippen LogP contribution in [0.4, 0.5) is 13.2 Å². The Hall–Kier alpha value is -1.18. The van der Waals surface area contributed by atoms with E-state index in [9.17, 15) is 13.2 Å². The van der Waals surface area contributed by atoms with E-state index in [4.69, 9.17) is 4.42 Å². The summed E-state index contributed by atoms with van der Waals surface area (Å²) in [6.07, 6.45) is -3.32. The van der Waals surface area contributed by atoms with Gasteiger partial charge in [0.2, 0.25) is 0 Å². The average Bonchev–Trinajstić information content (AvgIpc) is 2.68. The molecule has 0 aliphatic heterocycles. The fourth-order valence-electron chi connectivity index (χ4n) is 1.34. The largest absolute Gasteiger partial charge is 0.573 e. The zero-order valence-corrected chi connectivity index (χ0v) is 10.4. The number of benzene rings is 1. The maximum Gasteiger partial charge on any atom is 0.573 e. The summed E-state index contributed by atoms with van der Waals surface area (Å²) in [6.45, 7) is 0. The minimum Gasteiger partial charge on any atom is -0.464 e. The van der Waals surface area contributed by atoms with Crippen molar-refractivity contribution in [1.29, 1.82) is 0 Å². The number of furan rings is 1. The number of hydrogen-bond acceptors (Lipinski definition) is 2. The standard InChI is InChI=1S/C11H6F3IO2/c12-11(13,14)17-10-6-7(15)3-4-8(10)9-2-1-5-16-9/h1-6H. The highest BCUT2D eigenvalue weighted by Crippen LogP contribution is 2.35. The lowest BCUT2D eigenvalue weighted by molar-refractivity contribution is -0.274. The van der Waals surface area contributed by atoms with Crippen molar-refractivity contribution in [3.8, 4) is 17.1 Å². The van der Waals surface area contributed by atoms with E-state index in [0.29, 0.717) is 9.33 Å². The van der Waals surface area contributed by atoms with Gasteiger partial charge in [0.1, 0.15) is 11.5 Å². The van der Waals surface area contributed by atoms with Crippen molar-refractivity contribution in [2.45, 2.75) is 6.36 Å². The molecule has 0 amide bonds. The molecule has 90 valence electrons. The fourth-order valence-corrected chi connectivity index (χ4v) is 1.80. The van der Waals surface area contributed by atoms with Crippen LogP contribution in [0.15, 0.2) is 41.0 Å². The molecule has 6 heteroatoms. The zero-order valence-electron chi connectivity index (χ0n) is 8.29. The summed E-state index contributed by atoms with van der Waals surface area (Å²) >= 11 is 1.91. The molecule has 0 bridgehead atoms. The van der Waals surface area contributed by atoms with Gasteiger partial charge < -0.3 is 9.15 Å². The molecule has 0 spiro atoms. The van der Waals surface area contributed by atoms with Gasteiger partial charge in [0.15, 0.2) is 0 Å². The third kappa shape index (κ3) is 3.15. The molecule has 0 unspecified atom stereocenters. The van der Waals surface area contributed by atoms with Gasteiger partial charge in [-0.1, -0.05) is 0 Å². The lowest BCUT2D eigenvalue weighted by Gasteiger charge is -2.12. The van der Waals surface area contributed by atoms with Crippen molar-refractivity contribution >= 4 is 22.6 Å². The van der Waals surface area contributed by atoms with Crippen LogP contribution in [-0.4, -0.2) is 6.36 Å². The minimum absolute atomic E-state index is 0.264. The lowest BCUT2D eigenvalue weighted by atomic mass is 10.1. The Labute approximate surface area is 109 Å². The quantitative estimate of drug-likeness (QED) is 0.744. The number of ether oxygens (including phenoxy) is 1. The van der Waals surface area contributed by atoms with Crippen LogP contribution in [0.1, 0.15) is 0 Å². The highest BCUT2D eigenvalue weighted by Gasteiger charge is 2.32. The molecule has 0 saturated carbocycles. The monoisotopic (exact) mass is 354 g/mol. The molecule has 2 rings (SSSR count). The van der Waals surface area contributed by atoms with Gasteiger partial charge >= 0.3 is 6.36 Å². The van der Waals surface area contributed by atoms with E-state index in [1.54, 1.807) is 18.2 Å². The van der Waals surface area contributed by atoms with Crippen LogP contribution in [0, 0.1) is 3.57 Å². The Morgan fingerprint density at radius 3 is 2.53 bits per heavy atom. The molecule has 1 heterocycles. The zero-order chi connectivity index (χ0) is 12.5. The highest BCUT2D eigenvalue weighted by atomic mass is 127. The molecule has 1 aromatic heterocycles. The minimum atomic E-state index is -4.72. The van der Waals surface area contributed by atoms with Crippen LogP contribution in [-0.2, 0) is 0 Å². The Bertz CT molecular complexity index is 506. The van der Waals surface area contributed by atoms with E-state index < -0.39 is 6.36 Å². The Morgan fingerprint density at radius 1 is 1.18 bits per heavy atom. The molecule has 2 nitrogen and oxygen atoms in total. The van der Waals surface area contributed by atoms with Gasteiger partial charge in [-0.25, -0.2) is 0 Å². The van der Waals surface area contributed by atoms with Gasteiger partial charge in [0, 0.05) is 3.57 Å². The van der Waals surface area contributed by atoms with Crippen LogP contribution in [0.3, 0.4) is 0 Å². The third-order valence-corrected chi connectivity index (χ3v) is 2.63. The first-order valence-electron chi connectivity index (χ1n) is 4.55. The Morgan fingerprint density at radius 2 is 1.94 bits per heavy atom. The molecule has 0 radical (unpaired) electrons. The van der Waals surface area contributed by atoms with Crippen molar-refractivity contribution in [3.63, 3.8) is 0 Å². The highest BCUT2D eigenvalue weighted by molar-refractivity contribution is 14.1. The van der Waals surface area contributed by atoms with Gasteiger partial charge in [0.05, 0.1) is 11.8 Å². The number of rotatable bonds is 2. The maximum atomic E-state index is 12.2. The van der Waals surface area contributed by atoms with E-state index in [1.807, 2.05) is 22.6 Å². The first kappa shape index (κ1) is 12.3. The summed E-state index contributed by atoms with van der Waals surface area (Å²) in [6, 6.07) is 7.70. The van der Waals surface area contributed by atoms with Gasteiger partial charge in [-0.3, -0.25) is 0 Å². The summed E-state index contributed by atoms with van der Waals surface area (Å²) < 4.78 is 46.4. The molecule has 0 aliphatic rings. The second-order valence-corrected chi connectivity index (χ2v) is 4.41. The molecular formula is C11H6F3IO2. The van der Waals surface area contributed by atoms with Crippen molar-refractivity contribution < 1.29 is 22.3 Å². The summed E-state index contributed by atoms with van der Waals surface area (Å²) in [5, 5.41) is 0. The first-order valence-corrected chi connectivity index (χ1v) is 5.63. The molecule has 2 aromatic rings. The molecule has 0 N–H and O–H groups in total. The predicted molar refractivity (Wildman–Crippen MR) is 63.5 cm³/mol. The summed E-state index contributed by atoms with van der Waals surface area (Å²) in [5.41, 5.74) is 0.271. The maximum absolute atomic E-state index is 12.2. The summed E-state index contributed by atoms with van der Waals surface area (Å²) in [4.78, 5) is 0. The van der Waals surface area contributed by atoms with E-state index >= 15 is 0 Å². The number of halogens is 4. The smallest absolute Gasteiger partial charge is 0.464 e.